The average Bonchev–Trinajstić information content (AvgIpc) is 2.54. The van der Waals surface area contributed by atoms with E-state index < -0.39 is 0 Å². The summed E-state index contributed by atoms with van der Waals surface area (Å²) in [5.41, 5.74) is 0.719. The average molecular weight is 431 g/mol. The van der Waals surface area contributed by atoms with E-state index >= 15 is 0 Å². The summed E-state index contributed by atoms with van der Waals surface area (Å²) in [6.07, 6.45) is 8.08. The minimum absolute atomic E-state index is 0.00629. The number of carbonyl (C=O) groups is 1. The molecule has 0 spiro atoms. The highest BCUT2D eigenvalue weighted by molar-refractivity contribution is 14.1. The Morgan fingerprint density at radius 2 is 2.04 bits per heavy atom. The largest absolute Gasteiger partial charge is 0.341 e. The third-order valence-corrected chi connectivity index (χ3v) is 5.56. The summed E-state index contributed by atoms with van der Waals surface area (Å²) in [4.78, 5) is 31.1. The van der Waals surface area contributed by atoms with E-state index in [2.05, 4.69) is 41.4 Å². The topological polar surface area (TPSA) is 55.2 Å². The zero-order valence-electron chi connectivity index (χ0n) is 14.2. The van der Waals surface area contributed by atoms with Crippen LogP contribution < -0.4 is 5.56 Å². The van der Waals surface area contributed by atoms with Crippen molar-refractivity contribution in [1.29, 1.82) is 0 Å². The molecular weight excluding hydrogens is 405 g/mol. The van der Waals surface area contributed by atoms with Crippen LogP contribution in [-0.2, 0) is 17.8 Å². The van der Waals surface area contributed by atoms with Gasteiger partial charge in [0.25, 0.3) is 5.56 Å². The second-order valence-electron chi connectivity index (χ2n) is 6.83. The Labute approximate surface area is 151 Å². The van der Waals surface area contributed by atoms with Crippen molar-refractivity contribution in [2.45, 2.75) is 65.0 Å². The van der Waals surface area contributed by atoms with Crippen molar-refractivity contribution in [2.75, 3.05) is 7.05 Å². The summed E-state index contributed by atoms with van der Waals surface area (Å²) >= 11 is 2.05. The third-order valence-electron chi connectivity index (χ3n) is 4.48. The number of likely N-dealkylation sites (N-methyl/N-ethyl adjacent to an activating group) is 1. The molecule has 1 saturated carbocycles. The maximum Gasteiger partial charge on any atom is 0.267 e. The van der Waals surface area contributed by atoms with Gasteiger partial charge in [-0.25, -0.2) is 4.98 Å². The molecule has 0 N–H and O–H groups in total. The van der Waals surface area contributed by atoms with Crippen LogP contribution in [0.4, 0.5) is 0 Å². The van der Waals surface area contributed by atoms with Crippen molar-refractivity contribution in [1.82, 2.24) is 14.5 Å². The van der Waals surface area contributed by atoms with Crippen molar-refractivity contribution in [3.63, 3.8) is 0 Å². The molecule has 0 radical (unpaired) electrons. The molecule has 1 aromatic heterocycles. The van der Waals surface area contributed by atoms with E-state index in [9.17, 15) is 9.59 Å². The van der Waals surface area contributed by atoms with Gasteiger partial charge in [0.2, 0.25) is 5.91 Å². The van der Waals surface area contributed by atoms with Gasteiger partial charge in [-0.3, -0.25) is 14.2 Å². The van der Waals surface area contributed by atoms with Gasteiger partial charge in [0.15, 0.2) is 0 Å². The van der Waals surface area contributed by atoms with Gasteiger partial charge in [0, 0.05) is 13.1 Å². The van der Waals surface area contributed by atoms with E-state index in [4.69, 9.17) is 0 Å². The minimum Gasteiger partial charge on any atom is -0.341 e. The highest BCUT2D eigenvalue weighted by atomic mass is 127. The molecule has 1 aliphatic carbocycles. The number of amides is 1. The van der Waals surface area contributed by atoms with E-state index in [1.807, 2.05) is 11.9 Å². The first kappa shape index (κ1) is 18.4. The Kier molecular flexibility index (Phi) is 6.61. The van der Waals surface area contributed by atoms with Crippen molar-refractivity contribution in [3.05, 3.63) is 25.9 Å². The van der Waals surface area contributed by atoms with Gasteiger partial charge in [-0.1, -0.05) is 33.1 Å². The van der Waals surface area contributed by atoms with E-state index in [0.29, 0.717) is 15.5 Å². The van der Waals surface area contributed by atoms with Crippen LogP contribution in [0.3, 0.4) is 0 Å². The Morgan fingerprint density at radius 1 is 1.39 bits per heavy atom. The second-order valence-corrected chi connectivity index (χ2v) is 7.91. The highest BCUT2D eigenvalue weighted by Gasteiger charge is 2.22. The summed E-state index contributed by atoms with van der Waals surface area (Å²) in [5, 5.41) is 0. The van der Waals surface area contributed by atoms with E-state index in [0.717, 1.165) is 25.0 Å². The molecule has 128 valence electrons. The predicted octanol–water partition coefficient (Wildman–Crippen LogP) is 2.84. The fraction of sp³-hybridized carbons (Fsp3) is 0.706. The fourth-order valence-electron chi connectivity index (χ4n) is 3.07. The first-order chi connectivity index (χ1) is 10.9. The zero-order valence-corrected chi connectivity index (χ0v) is 16.4. The number of aromatic nitrogens is 2. The molecule has 5 nitrogen and oxygen atoms in total. The fourth-order valence-corrected chi connectivity index (χ4v) is 3.74. The minimum atomic E-state index is -0.110. The van der Waals surface area contributed by atoms with Gasteiger partial charge in [-0.2, -0.15) is 0 Å². The lowest BCUT2D eigenvalue weighted by Crippen LogP contribution is -2.41. The molecule has 2 rings (SSSR count). The molecule has 1 aromatic rings. The molecular formula is C17H26IN3O2. The molecule has 0 atom stereocenters. The SMILES string of the molecule is CC(C)Cc1ncn(CC(=O)N(C)C2CCCCC2)c(=O)c1I. The number of halogens is 1. The Hall–Kier alpha value is -0.920. The summed E-state index contributed by atoms with van der Waals surface area (Å²) in [7, 11) is 1.86. The molecule has 1 aliphatic rings. The first-order valence-electron chi connectivity index (χ1n) is 8.39. The highest BCUT2D eigenvalue weighted by Crippen LogP contribution is 2.21. The van der Waals surface area contributed by atoms with Gasteiger partial charge in [-0.05, 0) is 47.8 Å². The van der Waals surface area contributed by atoms with E-state index in [1.165, 1.54) is 30.2 Å². The molecule has 23 heavy (non-hydrogen) atoms. The maximum atomic E-state index is 12.5. The molecule has 0 unspecified atom stereocenters. The van der Waals surface area contributed by atoms with E-state index in [-0.39, 0.29) is 18.0 Å². The van der Waals surface area contributed by atoms with Crippen LogP contribution >= 0.6 is 22.6 Å². The van der Waals surface area contributed by atoms with Crippen LogP contribution in [0.5, 0.6) is 0 Å². The number of hydrogen-bond acceptors (Lipinski definition) is 3. The molecule has 0 aromatic carbocycles. The number of carbonyl (C=O) groups excluding carboxylic acids is 1. The number of nitrogens with zero attached hydrogens (tertiary/aromatic N) is 3. The third kappa shape index (κ3) is 4.78. The van der Waals surface area contributed by atoms with Crippen LogP contribution in [0.15, 0.2) is 11.1 Å². The smallest absolute Gasteiger partial charge is 0.267 e. The first-order valence-corrected chi connectivity index (χ1v) is 9.47. The van der Waals surface area contributed by atoms with Crippen LogP contribution in [0.25, 0.3) is 0 Å². The molecule has 0 saturated heterocycles. The lowest BCUT2D eigenvalue weighted by atomic mass is 9.94. The van der Waals surface area contributed by atoms with Crippen molar-refractivity contribution in [3.8, 4) is 0 Å². The maximum absolute atomic E-state index is 12.5. The van der Waals surface area contributed by atoms with Gasteiger partial charge in [0.1, 0.15) is 6.54 Å². The van der Waals surface area contributed by atoms with Crippen LogP contribution in [0.1, 0.15) is 51.6 Å². The standard InChI is InChI=1S/C17H26IN3O2/c1-12(2)9-14-16(18)17(23)21(11-19-14)10-15(22)20(3)13-7-5-4-6-8-13/h11-13H,4-10H2,1-3H3. The van der Waals surface area contributed by atoms with Crippen molar-refractivity contribution < 1.29 is 4.79 Å². The zero-order chi connectivity index (χ0) is 17.0. The summed E-state index contributed by atoms with van der Waals surface area (Å²) in [6, 6.07) is 0.319. The van der Waals surface area contributed by atoms with Gasteiger partial charge in [0.05, 0.1) is 15.6 Å². The van der Waals surface area contributed by atoms with Crippen molar-refractivity contribution in [2.24, 2.45) is 5.92 Å². The number of rotatable bonds is 5. The molecule has 1 fully saturated rings. The lowest BCUT2D eigenvalue weighted by Gasteiger charge is -2.31. The van der Waals surface area contributed by atoms with Crippen molar-refractivity contribution >= 4 is 28.5 Å². The molecule has 0 bridgehead atoms. The Bertz CT molecular complexity index is 606. The van der Waals surface area contributed by atoms with Crippen LogP contribution in [0.2, 0.25) is 0 Å². The Balaban J connectivity index is 2.08. The molecule has 1 amide bonds. The van der Waals surface area contributed by atoms with Gasteiger partial charge < -0.3 is 4.90 Å². The lowest BCUT2D eigenvalue weighted by molar-refractivity contribution is -0.133. The normalized spacial score (nSPS) is 15.9. The summed E-state index contributed by atoms with van der Waals surface area (Å²) in [6.45, 7) is 4.29. The van der Waals surface area contributed by atoms with Gasteiger partial charge >= 0.3 is 0 Å². The van der Waals surface area contributed by atoms with Crippen LogP contribution in [0, 0.1) is 9.49 Å². The summed E-state index contributed by atoms with van der Waals surface area (Å²) < 4.78 is 2.07. The van der Waals surface area contributed by atoms with E-state index in [1.54, 1.807) is 0 Å². The van der Waals surface area contributed by atoms with Gasteiger partial charge in [-0.15, -0.1) is 0 Å². The predicted molar refractivity (Wildman–Crippen MR) is 99.4 cm³/mol. The van der Waals surface area contributed by atoms with Crippen LogP contribution in [-0.4, -0.2) is 33.4 Å². The molecule has 1 heterocycles. The Morgan fingerprint density at radius 3 is 2.65 bits per heavy atom. The molecule has 0 aliphatic heterocycles. The number of hydrogen-bond donors (Lipinski definition) is 0. The summed E-state index contributed by atoms with van der Waals surface area (Å²) in [5.74, 6) is 0.443. The monoisotopic (exact) mass is 431 g/mol. The second kappa shape index (κ2) is 8.26. The molecule has 6 heteroatoms. The quantitative estimate of drug-likeness (QED) is 0.674.